The van der Waals surface area contributed by atoms with Crippen LogP contribution in [0.15, 0.2) is 77.7 Å². The van der Waals surface area contributed by atoms with Gasteiger partial charge in [0.2, 0.25) is 0 Å². The number of hydrogen-bond donors (Lipinski definition) is 1. The van der Waals surface area contributed by atoms with Crippen LogP contribution < -0.4 is 15.0 Å². The van der Waals surface area contributed by atoms with Gasteiger partial charge in [0.1, 0.15) is 11.9 Å². The van der Waals surface area contributed by atoms with Crippen LogP contribution in [-0.4, -0.2) is 52.0 Å². The van der Waals surface area contributed by atoms with Crippen molar-refractivity contribution in [3.63, 3.8) is 0 Å². The Morgan fingerprint density at radius 1 is 1.00 bits per heavy atom. The number of ether oxygens (including phenoxy) is 2. The van der Waals surface area contributed by atoms with Crippen molar-refractivity contribution in [2.75, 3.05) is 23.8 Å². The van der Waals surface area contributed by atoms with E-state index in [-0.39, 0.29) is 47.9 Å². The molecule has 13 heteroatoms. The zero-order valence-electron chi connectivity index (χ0n) is 23.2. The second kappa shape index (κ2) is 13.7. The zero-order chi connectivity index (χ0) is 31.2. The maximum Gasteiger partial charge on any atom is 0.416 e. The van der Waals surface area contributed by atoms with Crippen molar-refractivity contribution in [1.29, 1.82) is 0 Å². The first-order valence-corrected chi connectivity index (χ1v) is 15.2. The zero-order valence-corrected chi connectivity index (χ0v) is 24.0. The van der Waals surface area contributed by atoms with E-state index in [1.807, 2.05) is 4.90 Å². The molecule has 0 radical (unpaired) electrons. The van der Waals surface area contributed by atoms with Gasteiger partial charge in [-0.1, -0.05) is 19.1 Å². The molecule has 0 unspecified atom stereocenters. The molecule has 2 atom stereocenters. The minimum Gasteiger partial charge on any atom is -0.489 e. The fraction of sp³-hybridized carbons (Fsp3) is 0.367. The number of nitrogens with zero attached hydrogens (tertiary/aromatic N) is 1. The second-order valence-electron chi connectivity index (χ2n) is 10.0. The monoisotopic (exact) mass is 626 g/mol. The molecule has 7 nitrogen and oxygen atoms in total. The van der Waals surface area contributed by atoms with Gasteiger partial charge >= 0.3 is 12.8 Å². The van der Waals surface area contributed by atoms with Gasteiger partial charge in [-0.2, -0.15) is 22.0 Å². The Kier molecular flexibility index (Phi) is 10.3. The molecule has 3 aromatic carbocycles. The highest BCUT2D eigenvalue weighted by Gasteiger charge is 2.34. The Bertz CT molecular complexity index is 1460. The molecule has 43 heavy (non-hydrogen) atoms. The third kappa shape index (κ3) is 8.66. The number of nitrogens with one attached hydrogen (secondary N) is 1. The first-order valence-electron chi connectivity index (χ1n) is 13.6. The fourth-order valence-corrected chi connectivity index (χ4v) is 5.71. The standard InChI is InChI=1S/C30H31F5N2O5S/c1-2-43(39,40)27-13-3-20(4-14-27)18-36-28(38)21-5-9-23(10-6-21)37-19-26(17-24(37)15-16-41-29(31)32)42-25-11-7-22(8-12-25)30(33,34)35/h3-14,24,26,29H,2,15-19H2,1H3,(H,36,38)/t24-,26-/m1/s1. The second-order valence-corrected chi connectivity index (χ2v) is 12.3. The fourth-order valence-electron chi connectivity index (χ4n) is 4.83. The molecule has 0 spiro atoms. The lowest BCUT2D eigenvalue weighted by Crippen LogP contribution is -2.31. The van der Waals surface area contributed by atoms with E-state index in [2.05, 4.69) is 10.1 Å². The van der Waals surface area contributed by atoms with Gasteiger partial charge in [0.25, 0.3) is 5.91 Å². The summed E-state index contributed by atoms with van der Waals surface area (Å²) < 4.78 is 98.2. The van der Waals surface area contributed by atoms with Crippen LogP contribution in [0.1, 0.15) is 41.3 Å². The van der Waals surface area contributed by atoms with Crippen LogP contribution in [0.4, 0.5) is 27.6 Å². The maximum atomic E-state index is 12.9. The van der Waals surface area contributed by atoms with Crippen LogP contribution in [0.25, 0.3) is 0 Å². The summed E-state index contributed by atoms with van der Waals surface area (Å²) in [5.41, 5.74) is 1.03. The van der Waals surface area contributed by atoms with Crippen LogP contribution >= 0.6 is 0 Å². The molecule has 1 amide bonds. The van der Waals surface area contributed by atoms with E-state index in [4.69, 9.17) is 4.74 Å². The SMILES string of the molecule is CCS(=O)(=O)c1ccc(CNC(=O)c2ccc(N3C[C@H](Oc4ccc(C(F)(F)F)cc4)C[C@H]3CCOC(F)F)cc2)cc1. The summed E-state index contributed by atoms with van der Waals surface area (Å²) in [4.78, 5) is 14.9. The minimum atomic E-state index is -4.47. The number of hydrogen-bond acceptors (Lipinski definition) is 6. The summed E-state index contributed by atoms with van der Waals surface area (Å²) >= 11 is 0. The lowest BCUT2D eigenvalue weighted by Gasteiger charge is -2.26. The van der Waals surface area contributed by atoms with Crippen molar-refractivity contribution in [1.82, 2.24) is 5.32 Å². The number of sulfone groups is 1. The molecule has 0 bridgehead atoms. The number of carbonyl (C=O) groups is 1. The first kappa shape index (κ1) is 32.2. The van der Waals surface area contributed by atoms with Crippen molar-refractivity contribution >= 4 is 21.4 Å². The topological polar surface area (TPSA) is 84.9 Å². The lowest BCUT2D eigenvalue weighted by atomic mass is 10.1. The smallest absolute Gasteiger partial charge is 0.416 e. The molecular formula is C30H31F5N2O5S. The summed E-state index contributed by atoms with van der Waals surface area (Å²) in [6.45, 7) is -1.01. The third-order valence-corrected chi connectivity index (χ3v) is 8.88. The Balaban J connectivity index is 1.39. The molecule has 232 valence electrons. The Labute approximate surface area is 246 Å². The lowest BCUT2D eigenvalue weighted by molar-refractivity contribution is -0.137. The van der Waals surface area contributed by atoms with E-state index in [0.29, 0.717) is 24.2 Å². The maximum absolute atomic E-state index is 12.9. The number of anilines is 1. The molecule has 1 aliphatic heterocycles. The van der Waals surface area contributed by atoms with Crippen LogP contribution in [0.2, 0.25) is 0 Å². The number of halogens is 5. The van der Waals surface area contributed by atoms with Gasteiger partial charge in [0.15, 0.2) is 9.84 Å². The van der Waals surface area contributed by atoms with Gasteiger partial charge in [-0.25, -0.2) is 8.42 Å². The van der Waals surface area contributed by atoms with Crippen molar-refractivity contribution in [2.24, 2.45) is 0 Å². The van der Waals surface area contributed by atoms with Crippen LogP contribution in [0.3, 0.4) is 0 Å². The minimum absolute atomic E-state index is 0.00638. The Hall–Kier alpha value is -3.71. The molecule has 0 aliphatic carbocycles. The summed E-state index contributed by atoms with van der Waals surface area (Å²) in [6.07, 6.45) is -4.20. The molecule has 1 aliphatic rings. The van der Waals surface area contributed by atoms with Crippen molar-refractivity contribution in [3.05, 3.63) is 89.5 Å². The summed E-state index contributed by atoms with van der Waals surface area (Å²) in [5, 5.41) is 2.79. The number of carbonyl (C=O) groups excluding carboxylic acids is 1. The van der Waals surface area contributed by atoms with Gasteiger partial charge in [-0.05, 0) is 72.6 Å². The predicted molar refractivity (Wildman–Crippen MR) is 150 cm³/mol. The molecule has 0 aromatic heterocycles. The highest BCUT2D eigenvalue weighted by molar-refractivity contribution is 7.91. The first-order chi connectivity index (χ1) is 20.4. The third-order valence-electron chi connectivity index (χ3n) is 7.13. The normalized spacial score (nSPS) is 17.3. The van der Waals surface area contributed by atoms with Gasteiger partial charge in [0.05, 0.1) is 29.4 Å². The predicted octanol–water partition coefficient (Wildman–Crippen LogP) is 6.08. The van der Waals surface area contributed by atoms with Crippen molar-refractivity contribution in [3.8, 4) is 5.75 Å². The quantitative estimate of drug-likeness (QED) is 0.245. The summed E-state index contributed by atoms with van der Waals surface area (Å²) in [6, 6.07) is 17.1. The average molecular weight is 627 g/mol. The number of amides is 1. The van der Waals surface area contributed by atoms with E-state index in [9.17, 15) is 35.2 Å². The van der Waals surface area contributed by atoms with Gasteiger partial charge in [0, 0.05) is 30.3 Å². The van der Waals surface area contributed by atoms with E-state index in [1.54, 1.807) is 43.3 Å². The van der Waals surface area contributed by atoms with Crippen LogP contribution in [-0.2, 0) is 27.3 Å². The highest BCUT2D eigenvalue weighted by Crippen LogP contribution is 2.33. The average Bonchev–Trinajstić information content (AvgIpc) is 3.38. The van der Waals surface area contributed by atoms with E-state index < -0.39 is 34.3 Å². The molecule has 1 fully saturated rings. The molecule has 1 N–H and O–H groups in total. The number of benzene rings is 3. The van der Waals surface area contributed by atoms with E-state index >= 15 is 0 Å². The van der Waals surface area contributed by atoms with E-state index in [0.717, 1.165) is 17.7 Å². The van der Waals surface area contributed by atoms with Crippen molar-refractivity contribution in [2.45, 2.75) is 56.1 Å². The molecule has 4 rings (SSSR count). The molecule has 3 aromatic rings. The molecule has 1 saturated heterocycles. The van der Waals surface area contributed by atoms with Crippen LogP contribution in [0.5, 0.6) is 5.75 Å². The number of rotatable bonds is 12. The number of alkyl halides is 5. The largest absolute Gasteiger partial charge is 0.489 e. The molecule has 1 heterocycles. The van der Waals surface area contributed by atoms with E-state index in [1.165, 1.54) is 24.3 Å². The van der Waals surface area contributed by atoms with Crippen LogP contribution in [0, 0.1) is 0 Å². The Morgan fingerprint density at radius 3 is 2.23 bits per heavy atom. The summed E-state index contributed by atoms with van der Waals surface area (Å²) in [5.74, 6) is -0.0900. The molecule has 0 saturated carbocycles. The van der Waals surface area contributed by atoms with Gasteiger partial charge in [-0.3, -0.25) is 4.79 Å². The van der Waals surface area contributed by atoms with Crippen molar-refractivity contribution < 1.29 is 44.6 Å². The summed E-state index contributed by atoms with van der Waals surface area (Å²) in [7, 11) is -3.32. The molecular weight excluding hydrogens is 595 g/mol. The Morgan fingerprint density at radius 2 is 1.65 bits per heavy atom. The van der Waals surface area contributed by atoms with Gasteiger partial charge < -0.3 is 19.7 Å². The highest BCUT2D eigenvalue weighted by atomic mass is 32.2. The van der Waals surface area contributed by atoms with Gasteiger partial charge in [-0.15, -0.1) is 0 Å².